The minimum atomic E-state index is 0.243. The Morgan fingerprint density at radius 1 is 1.17 bits per heavy atom. The van der Waals surface area contributed by atoms with Crippen molar-refractivity contribution < 1.29 is 0 Å². The van der Waals surface area contributed by atoms with Crippen LogP contribution in [0.25, 0.3) is 0 Å². The summed E-state index contributed by atoms with van der Waals surface area (Å²) >= 11 is 0. The summed E-state index contributed by atoms with van der Waals surface area (Å²) in [5.41, 5.74) is 8.57. The maximum absolute atomic E-state index is 5.93. The maximum Gasteiger partial charge on any atom is 0.0356 e. The molecule has 1 aromatic rings. The molecule has 0 bridgehead atoms. The second-order valence-corrected chi connectivity index (χ2v) is 3.37. The summed E-state index contributed by atoms with van der Waals surface area (Å²) in [6, 6.07) is 10.7. The molecule has 2 rings (SSSR count). The summed E-state index contributed by atoms with van der Waals surface area (Å²) in [5.74, 6) is 0.450. The zero-order valence-corrected chi connectivity index (χ0v) is 7.20. The van der Waals surface area contributed by atoms with Crippen LogP contribution >= 0.6 is 0 Å². The molecule has 2 unspecified atom stereocenters. The highest BCUT2D eigenvalue weighted by atomic mass is 14.7. The molecule has 12 heavy (non-hydrogen) atoms. The molecule has 0 aromatic heterocycles. The van der Waals surface area contributed by atoms with Crippen molar-refractivity contribution in [1.29, 1.82) is 0 Å². The van der Waals surface area contributed by atoms with Gasteiger partial charge in [0, 0.05) is 12.0 Å². The predicted octanol–water partition coefficient (Wildman–Crippen LogP) is 2.06. The van der Waals surface area contributed by atoms with Crippen LogP contribution < -0.4 is 5.73 Å². The number of hydrogen-bond acceptors (Lipinski definition) is 1. The molecular formula is C11H13N. The van der Waals surface area contributed by atoms with Crippen molar-refractivity contribution in [2.75, 3.05) is 0 Å². The fourth-order valence-electron chi connectivity index (χ4n) is 1.64. The van der Waals surface area contributed by atoms with Gasteiger partial charge in [0.2, 0.25) is 0 Å². The summed E-state index contributed by atoms with van der Waals surface area (Å²) in [4.78, 5) is 0. The van der Waals surface area contributed by atoms with Crippen molar-refractivity contribution in [3.8, 4) is 0 Å². The molecule has 0 fully saturated rings. The van der Waals surface area contributed by atoms with Crippen LogP contribution in [0.15, 0.2) is 42.0 Å². The Labute approximate surface area is 72.9 Å². The third kappa shape index (κ3) is 1.07. The molecule has 62 valence electrons. The third-order valence-corrected chi connectivity index (χ3v) is 2.54. The van der Waals surface area contributed by atoms with E-state index in [1.807, 2.05) is 6.07 Å². The first-order chi connectivity index (χ1) is 5.79. The molecule has 1 heteroatoms. The lowest BCUT2D eigenvalue weighted by molar-refractivity contribution is 0.615. The van der Waals surface area contributed by atoms with E-state index in [1.54, 1.807) is 0 Å². The Hall–Kier alpha value is -1.08. The van der Waals surface area contributed by atoms with E-state index in [2.05, 4.69) is 37.3 Å². The van der Waals surface area contributed by atoms with Gasteiger partial charge >= 0.3 is 0 Å². The Morgan fingerprint density at radius 3 is 2.33 bits per heavy atom. The van der Waals surface area contributed by atoms with Crippen LogP contribution in [0, 0.1) is 0 Å². The lowest BCUT2D eigenvalue weighted by Gasteiger charge is -2.31. The van der Waals surface area contributed by atoms with Gasteiger partial charge < -0.3 is 5.73 Å². The highest BCUT2D eigenvalue weighted by Gasteiger charge is 2.26. The SMILES string of the molecule is CC1=CC(c2ccccc2)C1N. The molecule has 0 saturated heterocycles. The van der Waals surface area contributed by atoms with E-state index in [4.69, 9.17) is 5.73 Å². The van der Waals surface area contributed by atoms with Gasteiger partial charge in [0.05, 0.1) is 0 Å². The second-order valence-electron chi connectivity index (χ2n) is 3.37. The highest BCUT2D eigenvalue weighted by Crippen LogP contribution is 2.33. The largest absolute Gasteiger partial charge is 0.323 e. The molecule has 2 atom stereocenters. The van der Waals surface area contributed by atoms with Gasteiger partial charge in [-0.15, -0.1) is 0 Å². The first kappa shape index (κ1) is 7.56. The average Bonchev–Trinajstić information content (AvgIpc) is 2.15. The van der Waals surface area contributed by atoms with Crippen molar-refractivity contribution in [3.05, 3.63) is 47.5 Å². The Balaban J connectivity index is 2.25. The van der Waals surface area contributed by atoms with Crippen LogP contribution in [0.3, 0.4) is 0 Å². The molecule has 0 heterocycles. The molecule has 0 spiro atoms. The second kappa shape index (κ2) is 2.76. The molecule has 0 aliphatic heterocycles. The summed E-state index contributed by atoms with van der Waals surface area (Å²) in [7, 11) is 0. The van der Waals surface area contributed by atoms with Gasteiger partial charge in [-0.05, 0) is 12.5 Å². The molecule has 0 radical (unpaired) electrons. The van der Waals surface area contributed by atoms with Gasteiger partial charge in [0.15, 0.2) is 0 Å². The van der Waals surface area contributed by atoms with E-state index < -0.39 is 0 Å². The minimum absolute atomic E-state index is 0.243. The summed E-state index contributed by atoms with van der Waals surface area (Å²) in [6.07, 6.45) is 2.24. The number of rotatable bonds is 1. The Morgan fingerprint density at radius 2 is 1.83 bits per heavy atom. The van der Waals surface area contributed by atoms with Gasteiger partial charge in [-0.25, -0.2) is 0 Å². The zero-order chi connectivity index (χ0) is 8.55. The quantitative estimate of drug-likeness (QED) is 0.623. The summed E-state index contributed by atoms with van der Waals surface area (Å²) in [5, 5.41) is 0. The first-order valence-corrected chi connectivity index (χ1v) is 4.28. The van der Waals surface area contributed by atoms with E-state index in [9.17, 15) is 0 Å². The predicted molar refractivity (Wildman–Crippen MR) is 50.9 cm³/mol. The van der Waals surface area contributed by atoms with E-state index in [-0.39, 0.29) is 6.04 Å². The smallest absolute Gasteiger partial charge is 0.0356 e. The van der Waals surface area contributed by atoms with Gasteiger partial charge in [-0.2, -0.15) is 0 Å². The zero-order valence-electron chi connectivity index (χ0n) is 7.20. The third-order valence-electron chi connectivity index (χ3n) is 2.54. The van der Waals surface area contributed by atoms with Crippen molar-refractivity contribution in [2.45, 2.75) is 18.9 Å². The van der Waals surface area contributed by atoms with Gasteiger partial charge in [-0.1, -0.05) is 42.0 Å². The van der Waals surface area contributed by atoms with Crippen LogP contribution in [0.5, 0.6) is 0 Å². The minimum Gasteiger partial charge on any atom is -0.323 e. The van der Waals surface area contributed by atoms with E-state index in [0.29, 0.717) is 5.92 Å². The molecule has 0 amide bonds. The highest BCUT2D eigenvalue weighted by molar-refractivity contribution is 5.38. The lowest BCUT2D eigenvalue weighted by atomic mass is 9.78. The van der Waals surface area contributed by atoms with Crippen LogP contribution in [-0.4, -0.2) is 6.04 Å². The number of benzene rings is 1. The molecule has 1 aliphatic carbocycles. The van der Waals surface area contributed by atoms with Crippen LogP contribution in [0.1, 0.15) is 18.4 Å². The molecule has 1 aliphatic rings. The van der Waals surface area contributed by atoms with E-state index in [1.165, 1.54) is 11.1 Å². The average molecular weight is 159 g/mol. The fourth-order valence-corrected chi connectivity index (χ4v) is 1.64. The number of nitrogens with two attached hydrogens (primary N) is 1. The molecule has 2 N–H and O–H groups in total. The molecular weight excluding hydrogens is 146 g/mol. The summed E-state index contributed by atoms with van der Waals surface area (Å²) in [6.45, 7) is 2.09. The first-order valence-electron chi connectivity index (χ1n) is 4.28. The lowest BCUT2D eigenvalue weighted by Crippen LogP contribution is -2.35. The maximum atomic E-state index is 5.93. The van der Waals surface area contributed by atoms with Gasteiger partial charge in [0.25, 0.3) is 0 Å². The van der Waals surface area contributed by atoms with E-state index in [0.717, 1.165) is 0 Å². The van der Waals surface area contributed by atoms with Crippen LogP contribution in [0.4, 0.5) is 0 Å². The monoisotopic (exact) mass is 159 g/mol. The fraction of sp³-hybridized carbons (Fsp3) is 0.273. The van der Waals surface area contributed by atoms with Crippen molar-refractivity contribution in [2.24, 2.45) is 5.73 Å². The van der Waals surface area contributed by atoms with Gasteiger partial charge in [0.1, 0.15) is 0 Å². The normalized spacial score (nSPS) is 27.7. The Bertz CT molecular complexity index is 300. The van der Waals surface area contributed by atoms with Gasteiger partial charge in [-0.3, -0.25) is 0 Å². The Kier molecular flexibility index (Phi) is 1.74. The van der Waals surface area contributed by atoms with Crippen molar-refractivity contribution in [3.63, 3.8) is 0 Å². The molecule has 1 aromatic carbocycles. The van der Waals surface area contributed by atoms with Crippen LogP contribution in [-0.2, 0) is 0 Å². The summed E-state index contributed by atoms with van der Waals surface area (Å²) < 4.78 is 0. The standard InChI is InChI=1S/C11H13N/c1-8-7-10(11(8)12)9-5-3-2-4-6-9/h2-7,10-11H,12H2,1H3. The number of hydrogen-bond donors (Lipinski definition) is 1. The molecule has 0 saturated carbocycles. The van der Waals surface area contributed by atoms with E-state index >= 15 is 0 Å². The molecule has 1 nitrogen and oxygen atoms in total. The van der Waals surface area contributed by atoms with Crippen LogP contribution in [0.2, 0.25) is 0 Å². The van der Waals surface area contributed by atoms with Crippen molar-refractivity contribution in [1.82, 2.24) is 0 Å². The topological polar surface area (TPSA) is 26.0 Å². The van der Waals surface area contributed by atoms with Crippen molar-refractivity contribution >= 4 is 0 Å².